The second kappa shape index (κ2) is 11.6. The minimum Gasteiger partial charge on any atom is -0.490 e. The predicted molar refractivity (Wildman–Crippen MR) is 119 cm³/mol. The van der Waals surface area contributed by atoms with Crippen LogP contribution in [-0.2, 0) is 26.0 Å². The van der Waals surface area contributed by atoms with Crippen LogP contribution in [0.4, 0.5) is 4.39 Å². The summed E-state index contributed by atoms with van der Waals surface area (Å²) in [7, 11) is -3.40. The fraction of sp³-hybridized carbons (Fsp3) is 0.565. The Hall–Kier alpha value is -2.26. The zero-order chi connectivity index (χ0) is 23.0. The number of hydrogen-bond donors (Lipinski definition) is 2. The van der Waals surface area contributed by atoms with E-state index < -0.39 is 10.0 Å². The second-order valence-corrected chi connectivity index (χ2v) is 10.4. The summed E-state index contributed by atoms with van der Waals surface area (Å²) < 4.78 is 46.2. The molecule has 1 heterocycles. The van der Waals surface area contributed by atoms with Crippen molar-refractivity contribution >= 4 is 21.8 Å². The number of benzene rings is 1. The molecule has 0 spiro atoms. The van der Waals surface area contributed by atoms with Gasteiger partial charge in [-0.25, -0.2) is 17.5 Å². The van der Waals surface area contributed by atoms with Crippen LogP contribution < -0.4 is 14.8 Å². The highest BCUT2D eigenvalue weighted by Crippen LogP contribution is 2.30. The van der Waals surface area contributed by atoms with Crippen molar-refractivity contribution in [1.82, 2.24) is 10.0 Å². The van der Waals surface area contributed by atoms with E-state index in [2.05, 4.69) is 10.0 Å². The van der Waals surface area contributed by atoms with E-state index in [0.29, 0.717) is 57.6 Å². The number of halogens is 1. The molecule has 32 heavy (non-hydrogen) atoms. The van der Waals surface area contributed by atoms with Crippen LogP contribution in [-0.4, -0.2) is 39.1 Å². The summed E-state index contributed by atoms with van der Waals surface area (Å²) >= 11 is 0. The van der Waals surface area contributed by atoms with Crippen molar-refractivity contribution < 1.29 is 27.1 Å². The van der Waals surface area contributed by atoms with E-state index in [1.165, 1.54) is 6.07 Å². The van der Waals surface area contributed by atoms with Crippen LogP contribution in [0.5, 0.6) is 5.75 Å². The fourth-order valence-electron chi connectivity index (χ4n) is 3.46. The van der Waals surface area contributed by atoms with Crippen molar-refractivity contribution in [2.45, 2.75) is 51.4 Å². The lowest BCUT2D eigenvalue weighted by molar-refractivity contribution is -0.136. The highest BCUT2D eigenvalue weighted by molar-refractivity contribution is 7.89. The molecule has 0 aromatic heterocycles. The lowest BCUT2D eigenvalue weighted by atomic mass is 9.95. The third kappa shape index (κ3) is 8.35. The van der Waals surface area contributed by atoms with Gasteiger partial charge < -0.3 is 4.74 Å². The molecule has 2 fully saturated rings. The van der Waals surface area contributed by atoms with Crippen LogP contribution in [0.2, 0.25) is 0 Å². The van der Waals surface area contributed by atoms with Gasteiger partial charge in [0.25, 0.3) is 0 Å². The first-order chi connectivity index (χ1) is 15.3. The summed E-state index contributed by atoms with van der Waals surface area (Å²) in [5.74, 6) is -0.337. The largest absolute Gasteiger partial charge is 0.490 e. The van der Waals surface area contributed by atoms with Gasteiger partial charge in [0.1, 0.15) is 0 Å². The zero-order valence-electron chi connectivity index (χ0n) is 18.1. The molecule has 1 saturated heterocycles. The Morgan fingerprint density at radius 1 is 1.19 bits per heavy atom. The minimum absolute atomic E-state index is 0.0332. The van der Waals surface area contributed by atoms with Gasteiger partial charge in [-0.2, -0.15) is 0 Å². The lowest BCUT2D eigenvalue weighted by Crippen LogP contribution is -2.40. The van der Waals surface area contributed by atoms with E-state index in [-0.39, 0.29) is 35.1 Å². The normalized spacial score (nSPS) is 19.3. The molecule has 1 saturated carbocycles. The first-order valence-corrected chi connectivity index (χ1v) is 12.8. The minimum atomic E-state index is -3.40. The first-order valence-electron chi connectivity index (χ1n) is 11.2. The van der Waals surface area contributed by atoms with E-state index in [1.54, 1.807) is 24.3 Å². The standard InChI is InChI=1S/C23H31FN2O5S/c24-20-11-9-17(15-21(20)31-16-18-7-8-18)5-4-13-25-32(29,30)14-3-1-2-6-19-10-12-22(27)26-23(19)28/h1-2,9,11,15,18-19,25H,3-8,10,12-14,16H2,(H,26,27,28)/b2-1+/t19-/m1/s1. The number of allylic oxidation sites excluding steroid dienone is 2. The number of carbonyl (C=O) groups excluding carboxylic acids is 2. The first kappa shape index (κ1) is 24.4. The molecule has 1 aliphatic heterocycles. The van der Waals surface area contributed by atoms with E-state index >= 15 is 0 Å². The molecular formula is C23H31FN2O5S. The van der Waals surface area contributed by atoms with Gasteiger partial charge in [0, 0.05) is 18.9 Å². The Balaban J connectivity index is 1.31. The average Bonchev–Trinajstić information content (AvgIpc) is 3.57. The molecule has 176 valence electrons. The van der Waals surface area contributed by atoms with Crippen molar-refractivity contribution in [2.24, 2.45) is 11.8 Å². The molecule has 2 aliphatic rings. The van der Waals surface area contributed by atoms with Crippen molar-refractivity contribution in [3.63, 3.8) is 0 Å². The molecule has 3 rings (SSSR count). The maximum atomic E-state index is 13.8. The molecule has 1 aliphatic carbocycles. The summed E-state index contributed by atoms with van der Waals surface area (Å²) in [6.07, 6.45) is 8.75. The van der Waals surface area contributed by atoms with Crippen LogP contribution in [0.25, 0.3) is 0 Å². The molecule has 1 atom stereocenters. The third-order valence-electron chi connectivity index (χ3n) is 5.63. The molecule has 0 unspecified atom stereocenters. The number of rotatable bonds is 13. The summed E-state index contributed by atoms with van der Waals surface area (Å²) in [6.45, 7) is 0.847. The van der Waals surface area contributed by atoms with Crippen molar-refractivity contribution in [3.05, 3.63) is 41.7 Å². The van der Waals surface area contributed by atoms with Crippen LogP contribution in [0.1, 0.15) is 50.5 Å². The van der Waals surface area contributed by atoms with E-state index in [0.717, 1.165) is 18.4 Å². The number of amides is 2. The summed E-state index contributed by atoms with van der Waals surface area (Å²) in [5.41, 5.74) is 0.910. The number of carbonyl (C=O) groups is 2. The van der Waals surface area contributed by atoms with Crippen LogP contribution in [0.3, 0.4) is 0 Å². The van der Waals surface area contributed by atoms with Gasteiger partial charge in [0.15, 0.2) is 11.6 Å². The summed E-state index contributed by atoms with van der Waals surface area (Å²) in [4.78, 5) is 22.8. The van der Waals surface area contributed by atoms with Crippen LogP contribution >= 0.6 is 0 Å². The molecule has 0 bridgehead atoms. The topological polar surface area (TPSA) is 102 Å². The number of nitrogens with one attached hydrogen (secondary N) is 2. The maximum absolute atomic E-state index is 13.8. The predicted octanol–water partition coefficient (Wildman–Crippen LogP) is 2.86. The third-order valence-corrected chi connectivity index (χ3v) is 7.04. The van der Waals surface area contributed by atoms with Gasteiger partial charge in [0.05, 0.1) is 12.4 Å². The van der Waals surface area contributed by atoms with Crippen molar-refractivity contribution in [2.75, 3.05) is 18.9 Å². The molecule has 7 nitrogen and oxygen atoms in total. The van der Waals surface area contributed by atoms with Gasteiger partial charge in [-0.05, 0) is 68.6 Å². The Labute approximate surface area is 188 Å². The monoisotopic (exact) mass is 466 g/mol. The number of piperidine rings is 1. The molecule has 0 radical (unpaired) electrons. The lowest BCUT2D eigenvalue weighted by Gasteiger charge is -2.19. The van der Waals surface area contributed by atoms with Crippen LogP contribution in [0.15, 0.2) is 30.4 Å². The number of aryl methyl sites for hydroxylation is 1. The average molecular weight is 467 g/mol. The molecule has 1 aromatic carbocycles. The SMILES string of the molecule is O=C1CC[C@@H](C/C=C/CCS(=O)(=O)NCCCc2ccc(F)c(OCC3CC3)c2)C(=O)N1. The van der Waals surface area contributed by atoms with E-state index in [1.807, 2.05) is 0 Å². The van der Waals surface area contributed by atoms with Gasteiger partial charge >= 0.3 is 0 Å². The van der Waals surface area contributed by atoms with Crippen LogP contribution in [0, 0.1) is 17.7 Å². The zero-order valence-corrected chi connectivity index (χ0v) is 19.0. The maximum Gasteiger partial charge on any atom is 0.229 e. The smallest absolute Gasteiger partial charge is 0.229 e. The Morgan fingerprint density at radius 3 is 2.75 bits per heavy atom. The number of sulfonamides is 1. The fourth-order valence-corrected chi connectivity index (χ4v) is 4.51. The Bertz CT molecular complexity index is 944. The van der Waals surface area contributed by atoms with Crippen molar-refractivity contribution in [3.8, 4) is 5.75 Å². The number of imide groups is 1. The Morgan fingerprint density at radius 2 is 2.00 bits per heavy atom. The number of hydrogen-bond acceptors (Lipinski definition) is 5. The quantitative estimate of drug-likeness (QED) is 0.264. The van der Waals surface area contributed by atoms with Gasteiger partial charge in [-0.3, -0.25) is 14.9 Å². The Kier molecular flexibility index (Phi) is 8.81. The molecule has 2 amide bonds. The highest BCUT2D eigenvalue weighted by atomic mass is 32.2. The van der Waals surface area contributed by atoms with Crippen molar-refractivity contribution in [1.29, 1.82) is 0 Å². The molecule has 2 N–H and O–H groups in total. The number of ether oxygens (including phenoxy) is 1. The van der Waals surface area contributed by atoms with Gasteiger partial charge in [0.2, 0.25) is 21.8 Å². The molecule has 9 heteroatoms. The van der Waals surface area contributed by atoms with Gasteiger partial charge in [-0.1, -0.05) is 18.2 Å². The van der Waals surface area contributed by atoms with E-state index in [9.17, 15) is 22.4 Å². The summed E-state index contributed by atoms with van der Waals surface area (Å²) in [6, 6.07) is 4.78. The highest BCUT2D eigenvalue weighted by Gasteiger charge is 2.25. The molecule has 1 aromatic rings. The second-order valence-electron chi connectivity index (χ2n) is 8.48. The van der Waals surface area contributed by atoms with E-state index in [4.69, 9.17) is 4.74 Å². The summed E-state index contributed by atoms with van der Waals surface area (Å²) in [5, 5.41) is 2.31. The van der Waals surface area contributed by atoms with Gasteiger partial charge in [-0.15, -0.1) is 0 Å². The molecular weight excluding hydrogens is 435 g/mol.